The molecule has 0 radical (unpaired) electrons. The van der Waals surface area contributed by atoms with E-state index in [9.17, 15) is 19.7 Å². The van der Waals surface area contributed by atoms with Crippen LogP contribution in [0.1, 0.15) is 39.1 Å². The number of carbonyl (C=O) groups is 2. The molecule has 0 spiro atoms. The third kappa shape index (κ3) is 2.25. The molecule has 0 fully saturated rings. The molecule has 2 aromatic rings. The summed E-state index contributed by atoms with van der Waals surface area (Å²) in [6.07, 6.45) is 0. The molecule has 0 saturated carbocycles. The number of benzene rings is 2. The number of carbonyl (C=O) groups excluding carboxylic acids is 2. The van der Waals surface area contributed by atoms with Crippen LogP contribution in [-0.4, -0.2) is 23.0 Å². The number of hydrogen-bond acceptors (Lipinski definition) is 4. The maximum absolute atomic E-state index is 12.9. The summed E-state index contributed by atoms with van der Waals surface area (Å²) in [4.78, 5) is 36.4. The van der Waals surface area contributed by atoms with Gasteiger partial charge in [-0.05, 0) is 12.5 Å². The SMILES string of the molecule is CC1(C(C[N+](=O)[O-])c2ccccc2)C(=O)c2ccccc2C1=O. The first-order chi connectivity index (χ1) is 11.0. The second-order valence-electron chi connectivity index (χ2n) is 5.88. The van der Waals surface area contributed by atoms with Crippen molar-refractivity contribution in [2.24, 2.45) is 5.41 Å². The van der Waals surface area contributed by atoms with Crippen LogP contribution in [0.15, 0.2) is 54.6 Å². The van der Waals surface area contributed by atoms with Gasteiger partial charge in [-0.2, -0.15) is 0 Å². The normalized spacial score (nSPS) is 16.9. The smallest absolute Gasteiger partial charge is 0.212 e. The molecule has 0 N–H and O–H groups in total. The van der Waals surface area contributed by atoms with Crippen LogP contribution in [0.3, 0.4) is 0 Å². The Kier molecular flexibility index (Phi) is 3.56. The van der Waals surface area contributed by atoms with E-state index in [1.54, 1.807) is 54.6 Å². The molecule has 3 rings (SSSR count). The zero-order valence-electron chi connectivity index (χ0n) is 12.6. The third-order valence-corrected chi connectivity index (χ3v) is 4.59. The molecule has 0 amide bonds. The Morgan fingerprint density at radius 3 is 1.91 bits per heavy atom. The Morgan fingerprint density at radius 2 is 1.43 bits per heavy atom. The zero-order valence-corrected chi connectivity index (χ0v) is 12.6. The molecule has 0 aliphatic heterocycles. The molecule has 0 saturated heterocycles. The van der Waals surface area contributed by atoms with Crippen molar-refractivity contribution in [2.75, 3.05) is 6.54 Å². The zero-order chi connectivity index (χ0) is 16.6. The van der Waals surface area contributed by atoms with E-state index in [2.05, 4.69) is 0 Å². The maximum atomic E-state index is 12.9. The number of Topliss-reactive ketones (excluding diaryl/α,β-unsaturated/α-hetero) is 2. The average molecular weight is 309 g/mol. The van der Waals surface area contributed by atoms with Gasteiger partial charge in [0.2, 0.25) is 6.54 Å². The summed E-state index contributed by atoms with van der Waals surface area (Å²) in [5, 5.41) is 11.2. The predicted molar refractivity (Wildman–Crippen MR) is 84.3 cm³/mol. The van der Waals surface area contributed by atoms with Crippen molar-refractivity contribution in [1.29, 1.82) is 0 Å². The van der Waals surface area contributed by atoms with E-state index in [4.69, 9.17) is 0 Å². The van der Waals surface area contributed by atoms with Crippen LogP contribution < -0.4 is 0 Å². The summed E-state index contributed by atoms with van der Waals surface area (Å²) in [6.45, 7) is 1.06. The van der Waals surface area contributed by atoms with Crippen LogP contribution in [0.25, 0.3) is 0 Å². The quantitative estimate of drug-likeness (QED) is 0.494. The highest BCUT2D eigenvalue weighted by molar-refractivity contribution is 6.29. The average Bonchev–Trinajstić information content (AvgIpc) is 2.76. The van der Waals surface area contributed by atoms with Crippen LogP contribution in [0.2, 0.25) is 0 Å². The van der Waals surface area contributed by atoms with Gasteiger partial charge in [-0.15, -0.1) is 0 Å². The summed E-state index contributed by atoms with van der Waals surface area (Å²) in [5.41, 5.74) is -0.118. The standard InChI is InChI=1S/C18H15NO4/c1-18(15(11-19(22)23)12-7-3-2-4-8-12)16(20)13-9-5-6-10-14(13)17(18)21/h2-10,15H,11H2,1H3. The van der Waals surface area contributed by atoms with Gasteiger partial charge >= 0.3 is 0 Å². The number of hydrogen-bond donors (Lipinski definition) is 0. The minimum Gasteiger partial charge on any atom is -0.293 e. The Morgan fingerprint density at radius 1 is 0.957 bits per heavy atom. The van der Waals surface area contributed by atoms with E-state index < -0.39 is 22.8 Å². The molecule has 2 aromatic carbocycles. The third-order valence-electron chi connectivity index (χ3n) is 4.59. The molecular weight excluding hydrogens is 294 g/mol. The molecule has 1 atom stereocenters. The lowest BCUT2D eigenvalue weighted by Crippen LogP contribution is -2.40. The molecule has 1 aliphatic carbocycles. The lowest BCUT2D eigenvalue weighted by molar-refractivity contribution is -0.485. The number of fused-ring (bicyclic) bond motifs is 1. The van der Waals surface area contributed by atoms with E-state index in [1.165, 1.54) is 6.92 Å². The van der Waals surface area contributed by atoms with E-state index in [0.717, 1.165) is 0 Å². The lowest BCUT2D eigenvalue weighted by Gasteiger charge is -2.28. The Hall–Kier alpha value is -2.82. The first-order valence-electron chi connectivity index (χ1n) is 7.31. The molecule has 0 aromatic heterocycles. The van der Waals surface area contributed by atoms with Crippen molar-refractivity contribution in [3.63, 3.8) is 0 Å². The largest absolute Gasteiger partial charge is 0.293 e. The lowest BCUT2D eigenvalue weighted by atomic mass is 9.70. The van der Waals surface area contributed by atoms with Gasteiger partial charge in [0.1, 0.15) is 5.41 Å². The van der Waals surface area contributed by atoms with Crippen molar-refractivity contribution in [1.82, 2.24) is 0 Å². The minimum absolute atomic E-state index is 0.339. The highest BCUT2D eigenvalue weighted by Crippen LogP contribution is 2.46. The van der Waals surface area contributed by atoms with Crippen LogP contribution in [0.4, 0.5) is 0 Å². The fourth-order valence-corrected chi connectivity index (χ4v) is 3.31. The maximum Gasteiger partial charge on any atom is 0.212 e. The van der Waals surface area contributed by atoms with E-state index in [0.29, 0.717) is 16.7 Å². The molecule has 23 heavy (non-hydrogen) atoms. The molecule has 1 aliphatic rings. The van der Waals surface area contributed by atoms with Crippen molar-refractivity contribution >= 4 is 11.6 Å². The van der Waals surface area contributed by atoms with Gasteiger partial charge in [-0.1, -0.05) is 54.6 Å². The van der Waals surface area contributed by atoms with Gasteiger partial charge in [0, 0.05) is 16.1 Å². The second kappa shape index (κ2) is 5.43. The summed E-state index contributed by atoms with van der Waals surface area (Å²) in [7, 11) is 0. The topological polar surface area (TPSA) is 77.3 Å². The monoisotopic (exact) mass is 309 g/mol. The number of rotatable bonds is 4. The summed E-state index contributed by atoms with van der Waals surface area (Å²) >= 11 is 0. The Labute approximate surface area is 133 Å². The van der Waals surface area contributed by atoms with Crippen LogP contribution in [0.5, 0.6) is 0 Å². The second-order valence-corrected chi connectivity index (χ2v) is 5.88. The predicted octanol–water partition coefficient (Wildman–Crippen LogP) is 3.13. The van der Waals surface area contributed by atoms with Gasteiger partial charge in [-0.25, -0.2) is 0 Å². The summed E-state index contributed by atoms with van der Waals surface area (Å²) < 4.78 is 0. The molecule has 116 valence electrons. The number of nitro groups is 1. The molecule has 0 bridgehead atoms. The van der Waals surface area contributed by atoms with Crippen molar-refractivity contribution in [3.05, 3.63) is 81.4 Å². The first-order valence-corrected chi connectivity index (χ1v) is 7.31. The van der Waals surface area contributed by atoms with Crippen LogP contribution in [0, 0.1) is 15.5 Å². The van der Waals surface area contributed by atoms with Gasteiger partial charge in [0.25, 0.3) is 0 Å². The van der Waals surface area contributed by atoms with Crippen molar-refractivity contribution in [3.8, 4) is 0 Å². The fraction of sp³-hybridized carbons (Fsp3) is 0.222. The van der Waals surface area contributed by atoms with Gasteiger partial charge < -0.3 is 0 Å². The highest BCUT2D eigenvalue weighted by atomic mass is 16.6. The summed E-state index contributed by atoms with van der Waals surface area (Å²) in [5.74, 6) is -1.48. The minimum atomic E-state index is -1.45. The fourth-order valence-electron chi connectivity index (χ4n) is 3.31. The number of ketones is 2. The number of nitrogens with zero attached hydrogens (tertiary/aromatic N) is 1. The van der Waals surface area contributed by atoms with E-state index >= 15 is 0 Å². The van der Waals surface area contributed by atoms with Crippen molar-refractivity contribution in [2.45, 2.75) is 12.8 Å². The van der Waals surface area contributed by atoms with Crippen LogP contribution >= 0.6 is 0 Å². The van der Waals surface area contributed by atoms with Gasteiger partial charge in [0.05, 0.1) is 5.92 Å². The summed E-state index contributed by atoms with van der Waals surface area (Å²) in [6, 6.07) is 15.4. The molecule has 1 unspecified atom stereocenters. The Bertz CT molecular complexity index is 763. The van der Waals surface area contributed by atoms with Crippen molar-refractivity contribution < 1.29 is 14.5 Å². The molecule has 0 heterocycles. The van der Waals surface area contributed by atoms with Gasteiger partial charge in [0.15, 0.2) is 11.6 Å². The molecule has 5 heteroatoms. The highest BCUT2D eigenvalue weighted by Gasteiger charge is 2.55. The molecular formula is C18H15NO4. The Balaban J connectivity index is 2.15. The van der Waals surface area contributed by atoms with E-state index in [1.807, 2.05) is 0 Å². The van der Waals surface area contributed by atoms with Crippen LogP contribution in [-0.2, 0) is 0 Å². The molecule has 5 nitrogen and oxygen atoms in total. The van der Waals surface area contributed by atoms with Gasteiger partial charge in [-0.3, -0.25) is 19.7 Å². The van der Waals surface area contributed by atoms with E-state index in [-0.39, 0.29) is 11.6 Å². The first kappa shape index (κ1) is 15.1.